The second kappa shape index (κ2) is 5.34. The second-order valence-electron chi connectivity index (χ2n) is 3.83. The zero-order valence-electron chi connectivity index (χ0n) is 9.90. The van der Waals surface area contributed by atoms with E-state index in [1.807, 2.05) is 24.9 Å². The third-order valence-corrected chi connectivity index (χ3v) is 2.48. The Morgan fingerprint density at radius 1 is 1.69 bits per heavy atom. The summed E-state index contributed by atoms with van der Waals surface area (Å²) in [6, 6.07) is 1.84. The predicted molar refractivity (Wildman–Crippen MR) is 65.2 cm³/mol. The fraction of sp³-hybridized carbons (Fsp3) is 0.455. The molecule has 0 saturated heterocycles. The molecule has 3 N–H and O–H groups in total. The summed E-state index contributed by atoms with van der Waals surface area (Å²) in [7, 11) is 3.55. The van der Waals surface area contributed by atoms with E-state index in [4.69, 9.17) is 5.73 Å². The molecule has 0 aromatic carbocycles. The topological polar surface area (TPSA) is 71.2 Å². The van der Waals surface area contributed by atoms with Gasteiger partial charge in [-0.1, -0.05) is 6.92 Å². The average molecular weight is 222 g/mol. The van der Waals surface area contributed by atoms with Gasteiger partial charge in [0.2, 0.25) is 5.91 Å². The number of nitrogens with zero attached hydrogens (tertiary/aromatic N) is 2. The summed E-state index contributed by atoms with van der Waals surface area (Å²) >= 11 is 0. The van der Waals surface area contributed by atoms with Crippen LogP contribution in [-0.4, -0.2) is 31.5 Å². The molecule has 1 rings (SSSR count). The van der Waals surface area contributed by atoms with Crippen molar-refractivity contribution in [2.45, 2.75) is 6.92 Å². The molecule has 1 amide bonds. The molecule has 5 heteroatoms. The van der Waals surface area contributed by atoms with Crippen LogP contribution in [0.25, 0.3) is 0 Å². The zero-order chi connectivity index (χ0) is 12.1. The van der Waals surface area contributed by atoms with Gasteiger partial charge in [0.25, 0.3) is 0 Å². The Kier molecular flexibility index (Phi) is 4.10. The largest absolute Gasteiger partial charge is 0.396 e. The Labute approximate surface area is 95.7 Å². The first kappa shape index (κ1) is 12.3. The SMILES string of the molecule is CNC(=O)C(C)CN(C)c1ccncc1N. The Hall–Kier alpha value is -1.78. The molecule has 0 fully saturated rings. The number of hydrogen-bond acceptors (Lipinski definition) is 4. The molecule has 0 aliphatic heterocycles. The first-order chi connectivity index (χ1) is 7.56. The molecule has 0 aliphatic carbocycles. The molecule has 1 unspecified atom stereocenters. The van der Waals surface area contributed by atoms with E-state index >= 15 is 0 Å². The van der Waals surface area contributed by atoms with Crippen molar-refractivity contribution < 1.29 is 4.79 Å². The molecule has 0 radical (unpaired) electrons. The van der Waals surface area contributed by atoms with Gasteiger partial charge in [-0.05, 0) is 6.07 Å². The Bertz CT molecular complexity index is 367. The number of carbonyl (C=O) groups is 1. The lowest BCUT2D eigenvalue weighted by atomic mass is 10.1. The molecular weight excluding hydrogens is 204 g/mol. The molecule has 88 valence electrons. The highest BCUT2D eigenvalue weighted by Gasteiger charge is 2.14. The van der Waals surface area contributed by atoms with Crippen molar-refractivity contribution >= 4 is 17.3 Å². The average Bonchev–Trinajstić information content (AvgIpc) is 2.28. The van der Waals surface area contributed by atoms with E-state index in [9.17, 15) is 4.79 Å². The highest BCUT2D eigenvalue weighted by molar-refractivity contribution is 5.79. The number of carbonyl (C=O) groups excluding carboxylic acids is 1. The summed E-state index contributed by atoms with van der Waals surface area (Å²) in [6.07, 6.45) is 3.29. The minimum absolute atomic E-state index is 0.0273. The second-order valence-corrected chi connectivity index (χ2v) is 3.83. The number of nitrogens with two attached hydrogens (primary N) is 1. The normalized spacial score (nSPS) is 11.9. The number of amides is 1. The molecule has 1 aromatic rings. The highest BCUT2D eigenvalue weighted by Crippen LogP contribution is 2.20. The van der Waals surface area contributed by atoms with E-state index in [1.165, 1.54) is 0 Å². The summed E-state index contributed by atoms with van der Waals surface area (Å²) in [5, 5.41) is 2.63. The van der Waals surface area contributed by atoms with Crippen LogP contribution in [0.1, 0.15) is 6.92 Å². The Morgan fingerprint density at radius 3 is 2.94 bits per heavy atom. The maximum absolute atomic E-state index is 11.4. The van der Waals surface area contributed by atoms with Crippen molar-refractivity contribution in [1.82, 2.24) is 10.3 Å². The first-order valence-electron chi connectivity index (χ1n) is 5.18. The number of nitrogens with one attached hydrogen (secondary N) is 1. The Morgan fingerprint density at radius 2 is 2.38 bits per heavy atom. The summed E-state index contributed by atoms with van der Waals surface area (Å²) < 4.78 is 0. The fourth-order valence-corrected chi connectivity index (χ4v) is 1.59. The first-order valence-corrected chi connectivity index (χ1v) is 5.18. The summed E-state index contributed by atoms with van der Waals surface area (Å²) in [5.41, 5.74) is 7.31. The summed E-state index contributed by atoms with van der Waals surface area (Å²) in [4.78, 5) is 17.3. The van der Waals surface area contributed by atoms with E-state index in [0.29, 0.717) is 12.2 Å². The van der Waals surface area contributed by atoms with Gasteiger partial charge in [-0.2, -0.15) is 0 Å². The quantitative estimate of drug-likeness (QED) is 0.777. The number of rotatable bonds is 4. The fourth-order valence-electron chi connectivity index (χ4n) is 1.59. The lowest BCUT2D eigenvalue weighted by Crippen LogP contribution is -2.34. The van der Waals surface area contributed by atoms with E-state index in [1.54, 1.807) is 19.4 Å². The van der Waals surface area contributed by atoms with Crippen LogP contribution in [0.3, 0.4) is 0 Å². The lowest BCUT2D eigenvalue weighted by Gasteiger charge is -2.23. The Balaban J connectivity index is 2.69. The molecule has 16 heavy (non-hydrogen) atoms. The molecule has 0 saturated carbocycles. The third kappa shape index (κ3) is 2.85. The highest BCUT2D eigenvalue weighted by atomic mass is 16.1. The standard InChI is InChI=1S/C11H18N4O/c1-8(11(16)13-2)7-15(3)10-4-5-14-6-9(10)12/h4-6,8H,7,12H2,1-3H3,(H,13,16). The van der Waals surface area contributed by atoms with Crippen LogP contribution in [0.15, 0.2) is 18.5 Å². The zero-order valence-corrected chi connectivity index (χ0v) is 9.90. The van der Waals surface area contributed by atoms with E-state index in [-0.39, 0.29) is 11.8 Å². The van der Waals surface area contributed by atoms with Crippen LogP contribution < -0.4 is 16.0 Å². The summed E-state index contributed by atoms with van der Waals surface area (Å²) in [5.74, 6) is -0.0537. The molecule has 0 spiro atoms. The predicted octanol–water partition coefficient (Wildman–Crippen LogP) is 0.482. The smallest absolute Gasteiger partial charge is 0.224 e. The number of anilines is 2. The number of aromatic nitrogens is 1. The van der Waals surface area contributed by atoms with Crippen molar-refractivity contribution in [3.8, 4) is 0 Å². The number of pyridine rings is 1. The minimum atomic E-state index is -0.0810. The monoisotopic (exact) mass is 222 g/mol. The maximum Gasteiger partial charge on any atom is 0.224 e. The van der Waals surface area contributed by atoms with Crippen molar-refractivity contribution in [2.24, 2.45) is 5.92 Å². The van der Waals surface area contributed by atoms with Gasteiger partial charge >= 0.3 is 0 Å². The minimum Gasteiger partial charge on any atom is -0.396 e. The van der Waals surface area contributed by atoms with E-state index in [0.717, 1.165) is 5.69 Å². The van der Waals surface area contributed by atoms with Crippen LogP contribution in [0.5, 0.6) is 0 Å². The van der Waals surface area contributed by atoms with Gasteiger partial charge in [-0.3, -0.25) is 9.78 Å². The van der Waals surface area contributed by atoms with Crippen LogP contribution in [-0.2, 0) is 4.79 Å². The summed E-state index contributed by atoms with van der Waals surface area (Å²) in [6.45, 7) is 2.50. The van der Waals surface area contributed by atoms with Crippen molar-refractivity contribution in [1.29, 1.82) is 0 Å². The molecule has 5 nitrogen and oxygen atoms in total. The van der Waals surface area contributed by atoms with Gasteiger partial charge in [0.05, 0.1) is 23.5 Å². The number of nitrogen functional groups attached to an aromatic ring is 1. The van der Waals surface area contributed by atoms with Crippen LogP contribution in [0.2, 0.25) is 0 Å². The van der Waals surface area contributed by atoms with Crippen molar-refractivity contribution in [3.63, 3.8) is 0 Å². The van der Waals surface area contributed by atoms with Crippen LogP contribution in [0.4, 0.5) is 11.4 Å². The van der Waals surface area contributed by atoms with Gasteiger partial charge in [0, 0.05) is 26.8 Å². The molecular formula is C11H18N4O. The molecule has 1 heterocycles. The molecule has 1 aromatic heterocycles. The molecule has 1 atom stereocenters. The van der Waals surface area contributed by atoms with Gasteiger partial charge in [0.15, 0.2) is 0 Å². The number of hydrogen-bond donors (Lipinski definition) is 2. The van der Waals surface area contributed by atoms with Gasteiger partial charge < -0.3 is 16.0 Å². The van der Waals surface area contributed by atoms with Crippen molar-refractivity contribution in [2.75, 3.05) is 31.3 Å². The molecule has 0 bridgehead atoms. The maximum atomic E-state index is 11.4. The van der Waals surface area contributed by atoms with E-state index in [2.05, 4.69) is 10.3 Å². The van der Waals surface area contributed by atoms with Gasteiger partial charge in [-0.15, -0.1) is 0 Å². The van der Waals surface area contributed by atoms with Gasteiger partial charge in [0.1, 0.15) is 0 Å². The van der Waals surface area contributed by atoms with E-state index < -0.39 is 0 Å². The van der Waals surface area contributed by atoms with Crippen LogP contribution in [0, 0.1) is 5.92 Å². The van der Waals surface area contributed by atoms with Gasteiger partial charge in [-0.25, -0.2) is 0 Å². The molecule has 0 aliphatic rings. The van der Waals surface area contributed by atoms with Crippen molar-refractivity contribution in [3.05, 3.63) is 18.5 Å². The lowest BCUT2D eigenvalue weighted by molar-refractivity contribution is -0.123. The third-order valence-electron chi connectivity index (χ3n) is 2.48. The van der Waals surface area contributed by atoms with Crippen LogP contribution >= 0.6 is 0 Å².